The molecule has 0 spiro atoms. The Labute approximate surface area is 203 Å². The average molecular weight is 462 g/mol. The molecule has 0 amide bonds. The SMILES string of the molecule is Cc1nn(C)cc1-c1ccc(-c2cnc3[nH]cc(-c4ccc5ncn(C(C)(C)C)c5c4)c3n2)cc1. The Bertz CT molecular complexity index is 1690. The van der Waals surface area contributed by atoms with E-state index in [2.05, 4.69) is 87.9 Å². The minimum absolute atomic E-state index is 0.0545. The van der Waals surface area contributed by atoms with E-state index in [4.69, 9.17) is 4.98 Å². The zero-order valence-corrected chi connectivity index (χ0v) is 20.5. The second-order valence-electron chi connectivity index (χ2n) is 10.0. The maximum Gasteiger partial charge on any atom is 0.156 e. The van der Waals surface area contributed by atoms with Crippen molar-refractivity contribution in [3.63, 3.8) is 0 Å². The Kier molecular flexibility index (Phi) is 4.64. The second-order valence-corrected chi connectivity index (χ2v) is 10.0. The van der Waals surface area contributed by atoms with E-state index in [1.165, 1.54) is 0 Å². The van der Waals surface area contributed by atoms with Gasteiger partial charge in [-0.1, -0.05) is 30.3 Å². The summed E-state index contributed by atoms with van der Waals surface area (Å²) in [4.78, 5) is 17.5. The first-order chi connectivity index (χ1) is 16.8. The summed E-state index contributed by atoms with van der Waals surface area (Å²) in [6.45, 7) is 8.59. The molecular weight excluding hydrogens is 434 g/mol. The fraction of sp³-hybridized carbons (Fsp3) is 0.214. The molecule has 4 heterocycles. The highest BCUT2D eigenvalue weighted by Crippen LogP contribution is 2.32. The molecule has 35 heavy (non-hydrogen) atoms. The van der Waals surface area contributed by atoms with E-state index in [0.29, 0.717) is 0 Å². The van der Waals surface area contributed by atoms with Gasteiger partial charge in [-0.3, -0.25) is 4.68 Å². The lowest BCUT2D eigenvalue weighted by Gasteiger charge is -2.21. The molecule has 0 unspecified atom stereocenters. The number of aromatic nitrogens is 7. The highest BCUT2D eigenvalue weighted by Gasteiger charge is 2.18. The summed E-state index contributed by atoms with van der Waals surface area (Å²) in [5.41, 5.74) is 10.9. The van der Waals surface area contributed by atoms with Crippen molar-refractivity contribution >= 4 is 22.2 Å². The van der Waals surface area contributed by atoms with Crippen LogP contribution in [0.15, 0.2) is 67.4 Å². The van der Waals surface area contributed by atoms with Crippen LogP contribution in [0.1, 0.15) is 26.5 Å². The van der Waals surface area contributed by atoms with Crippen LogP contribution in [0.5, 0.6) is 0 Å². The van der Waals surface area contributed by atoms with E-state index >= 15 is 0 Å². The monoisotopic (exact) mass is 461 g/mol. The molecule has 6 rings (SSSR count). The molecule has 174 valence electrons. The maximum absolute atomic E-state index is 5.01. The van der Waals surface area contributed by atoms with Crippen LogP contribution in [0, 0.1) is 6.92 Å². The van der Waals surface area contributed by atoms with Gasteiger partial charge in [0.15, 0.2) is 5.65 Å². The molecule has 0 bridgehead atoms. The van der Waals surface area contributed by atoms with Crippen LogP contribution in [0.2, 0.25) is 0 Å². The summed E-state index contributed by atoms with van der Waals surface area (Å²) in [7, 11) is 1.94. The molecular formula is C28H27N7. The van der Waals surface area contributed by atoms with E-state index in [0.717, 1.165) is 61.4 Å². The number of nitrogens with one attached hydrogen (secondary N) is 1. The first-order valence-corrected chi connectivity index (χ1v) is 11.7. The standard InChI is InChI=1S/C28H27N7/c1-17-22(15-34(5)33-17)18-6-8-19(9-7-18)24-14-30-27-26(32-24)21(13-29-27)20-10-11-23-25(12-20)35(16-31-23)28(2,3)4/h6-16H,1-5H3,(H,29,30). The molecule has 0 atom stereocenters. The molecule has 1 N–H and O–H groups in total. The number of rotatable bonds is 3. The van der Waals surface area contributed by atoms with Gasteiger partial charge in [-0.2, -0.15) is 5.10 Å². The number of fused-ring (bicyclic) bond motifs is 2. The molecule has 0 saturated heterocycles. The predicted molar refractivity (Wildman–Crippen MR) is 140 cm³/mol. The third kappa shape index (κ3) is 3.60. The van der Waals surface area contributed by atoms with Gasteiger partial charge in [0, 0.05) is 41.7 Å². The second kappa shape index (κ2) is 7.63. The van der Waals surface area contributed by atoms with Crippen molar-refractivity contribution < 1.29 is 0 Å². The third-order valence-corrected chi connectivity index (χ3v) is 6.47. The number of benzene rings is 2. The van der Waals surface area contributed by atoms with Gasteiger partial charge in [-0.15, -0.1) is 0 Å². The highest BCUT2D eigenvalue weighted by molar-refractivity contribution is 5.94. The van der Waals surface area contributed by atoms with Crippen molar-refractivity contribution in [2.75, 3.05) is 0 Å². The molecule has 4 aromatic heterocycles. The quantitative estimate of drug-likeness (QED) is 0.345. The van der Waals surface area contributed by atoms with E-state index in [1.54, 1.807) is 0 Å². The number of hydrogen-bond donors (Lipinski definition) is 1. The number of nitrogens with zero attached hydrogens (tertiary/aromatic N) is 6. The number of imidazole rings is 1. The van der Waals surface area contributed by atoms with Gasteiger partial charge in [0.25, 0.3) is 0 Å². The van der Waals surface area contributed by atoms with Crippen molar-refractivity contribution in [1.29, 1.82) is 0 Å². The van der Waals surface area contributed by atoms with Gasteiger partial charge >= 0.3 is 0 Å². The van der Waals surface area contributed by atoms with Gasteiger partial charge < -0.3 is 9.55 Å². The average Bonchev–Trinajstić information content (AvgIpc) is 3.54. The maximum atomic E-state index is 5.01. The summed E-state index contributed by atoms with van der Waals surface area (Å²) < 4.78 is 4.06. The van der Waals surface area contributed by atoms with Gasteiger partial charge in [0.2, 0.25) is 0 Å². The van der Waals surface area contributed by atoms with Crippen molar-refractivity contribution in [2.45, 2.75) is 33.2 Å². The molecule has 0 fully saturated rings. The van der Waals surface area contributed by atoms with E-state index in [-0.39, 0.29) is 5.54 Å². The van der Waals surface area contributed by atoms with Crippen molar-refractivity contribution in [1.82, 2.24) is 34.3 Å². The zero-order valence-electron chi connectivity index (χ0n) is 20.5. The first-order valence-electron chi connectivity index (χ1n) is 11.7. The van der Waals surface area contributed by atoms with Gasteiger partial charge in [-0.05, 0) is 51.0 Å². The van der Waals surface area contributed by atoms with Crippen molar-refractivity contribution in [3.05, 3.63) is 73.1 Å². The topological polar surface area (TPSA) is 77.2 Å². The summed E-state index contributed by atoms with van der Waals surface area (Å²) in [6.07, 6.45) is 7.77. The predicted octanol–water partition coefficient (Wildman–Crippen LogP) is 6.11. The zero-order chi connectivity index (χ0) is 24.3. The van der Waals surface area contributed by atoms with Crippen molar-refractivity contribution in [3.8, 4) is 33.5 Å². The first kappa shape index (κ1) is 21.3. The molecule has 0 aliphatic heterocycles. The Morgan fingerprint density at radius 3 is 2.34 bits per heavy atom. The van der Waals surface area contributed by atoms with E-state index in [9.17, 15) is 0 Å². The van der Waals surface area contributed by atoms with Crippen LogP contribution in [0.25, 0.3) is 55.7 Å². The number of H-pyrrole nitrogens is 1. The number of aryl methyl sites for hydroxylation is 2. The smallest absolute Gasteiger partial charge is 0.156 e. The molecule has 0 radical (unpaired) electrons. The van der Waals surface area contributed by atoms with Gasteiger partial charge in [0.05, 0.1) is 34.9 Å². The van der Waals surface area contributed by atoms with Gasteiger partial charge in [0.1, 0.15) is 5.52 Å². The number of hydrogen-bond acceptors (Lipinski definition) is 4. The Morgan fingerprint density at radius 1 is 0.886 bits per heavy atom. The summed E-state index contributed by atoms with van der Waals surface area (Å²) in [6, 6.07) is 14.8. The van der Waals surface area contributed by atoms with E-state index in [1.807, 2.05) is 43.6 Å². The van der Waals surface area contributed by atoms with Crippen LogP contribution in [-0.2, 0) is 12.6 Å². The molecule has 2 aromatic carbocycles. The lowest BCUT2D eigenvalue weighted by molar-refractivity contribution is 0.408. The Balaban J connectivity index is 1.41. The number of aromatic amines is 1. The Morgan fingerprint density at radius 2 is 1.63 bits per heavy atom. The summed E-state index contributed by atoms with van der Waals surface area (Å²) >= 11 is 0. The fourth-order valence-corrected chi connectivity index (χ4v) is 4.66. The largest absolute Gasteiger partial charge is 0.344 e. The Hall–Kier alpha value is -4.26. The minimum atomic E-state index is -0.0545. The molecule has 0 aliphatic rings. The van der Waals surface area contributed by atoms with E-state index < -0.39 is 0 Å². The lowest BCUT2D eigenvalue weighted by Crippen LogP contribution is -2.20. The highest BCUT2D eigenvalue weighted by atomic mass is 15.2. The van der Waals surface area contributed by atoms with Crippen LogP contribution in [-0.4, -0.2) is 34.3 Å². The normalized spacial score (nSPS) is 12.1. The van der Waals surface area contributed by atoms with Crippen LogP contribution < -0.4 is 0 Å². The molecule has 7 nitrogen and oxygen atoms in total. The van der Waals surface area contributed by atoms with Crippen LogP contribution >= 0.6 is 0 Å². The van der Waals surface area contributed by atoms with Crippen LogP contribution in [0.3, 0.4) is 0 Å². The van der Waals surface area contributed by atoms with Gasteiger partial charge in [-0.25, -0.2) is 15.0 Å². The molecule has 6 aromatic rings. The lowest BCUT2D eigenvalue weighted by atomic mass is 10.0. The van der Waals surface area contributed by atoms with Crippen molar-refractivity contribution in [2.24, 2.45) is 7.05 Å². The fourth-order valence-electron chi connectivity index (χ4n) is 4.66. The summed E-state index contributed by atoms with van der Waals surface area (Å²) in [5.74, 6) is 0. The summed E-state index contributed by atoms with van der Waals surface area (Å²) in [5, 5.41) is 4.45. The minimum Gasteiger partial charge on any atom is -0.344 e. The molecule has 0 saturated carbocycles. The molecule has 7 heteroatoms. The third-order valence-electron chi connectivity index (χ3n) is 6.47. The molecule has 0 aliphatic carbocycles. The van der Waals surface area contributed by atoms with Crippen LogP contribution in [0.4, 0.5) is 0 Å².